The van der Waals surface area contributed by atoms with Crippen molar-refractivity contribution in [2.75, 3.05) is 6.54 Å². The zero-order valence-electron chi connectivity index (χ0n) is 18.1. The Balaban J connectivity index is 2.92. The van der Waals surface area contributed by atoms with Crippen LogP contribution >= 0.6 is 0 Å². The van der Waals surface area contributed by atoms with Crippen LogP contribution in [0.15, 0.2) is 30.3 Å². The average Bonchev–Trinajstić information content (AvgIpc) is 2.56. The number of hydrogen-bond donors (Lipinski definition) is 2. The zero-order chi connectivity index (χ0) is 20.8. The monoisotopic (exact) mass is 376 g/mol. The van der Waals surface area contributed by atoms with E-state index in [9.17, 15) is 9.59 Å². The summed E-state index contributed by atoms with van der Waals surface area (Å²) in [5.41, 5.74) is -0.144. The van der Waals surface area contributed by atoms with Crippen molar-refractivity contribution < 1.29 is 14.3 Å². The number of benzene rings is 1. The molecule has 2 amide bonds. The van der Waals surface area contributed by atoms with Gasteiger partial charge in [-0.3, -0.25) is 4.79 Å². The molecule has 1 aromatic carbocycles. The van der Waals surface area contributed by atoms with E-state index in [-0.39, 0.29) is 23.8 Å². The number of alkyl carbamates (subject to hydrolysis) is 1. The predicted molar refractivity (Wildman–Crippen MR) is 109 cm³/mol. The summed E-state index contributed by atoms with van der Waals surface area (Å²) in [6.45, 7) is 16.0. The second kappa shape index (κ2) is 9.25. The molecule has 27 heavy (non-hydrogen) atoms. The van der Waals surface area contributed by atoms with E-state index in [4.69, 9.17) is 4.74 Å². The Bertz CT molecular complexity index is 610. The molecule has 5 nitrogen and oxygen atoms in total. The number of hydrogen-bond acceptors (Lipinski definition) is 3. The summed E-state index contributed by atoms with van der Waals surface area (Å²) in [7, 11) is 0. The van der Waals surface area contributed by atoms with Crippen LogP contribution in [0.2, 0.25) is 0 Å². The normalized spacial score (nSPS) is 13.4. The van der Waals surface area contributed by atoms with Crippen molar-refractivity contribution in [3.63, 3.8) is 0 Å². The van der Waals surface area contributed by atoms with Crippen LogP contribution in [-0.2, 0) is 9.53 Å². The van der Waals surface area contributed by atoms with Gasteiger partial charge in [0, 0.05) is 6.54 Å². The van der Waals surface area contributed by atoms with Gasteiger partial charge < -0.3 is 15.4 Å². The molecule has 0 heterocycles. The van der Waals surface area contributed by atoms with Crippen molar-refractivity contribution in [1.82, 2.24) is 10.6 Å². The second-order valence-electron chi connectivity index (χ2n) is 8.91. The molecule has 0 spiro atoms. The molecular formula is C22H36N2O3. The van der Waals surface area contributed by atoms with Crippen molar-refractivity contribution >= 4 is 12.0 Å². The van der Waals surface area contributed by atoms with Gasteiger partial charge in [-0.15, -0.1) is 0 Å². The fourth-order valence-electron chi connectivity index (χ4n) is 2.96. The molecule has 0 aromatic heterocycles. The Hall–Kier alpha value is -2.04. The Labute approximate surface area is 164 Å². The minimum Gasteiger partial charge on any atom is -0.444 e. The number of ether oxygens (including phenoxy) is 1. The van der Waals surface area contributed by atoms with Gasteiger partial charge in [0.15, 0.2) is 0 Å². The van der Waals surface area contributed by atoms with Crippen molar-refractivity contribution in [2.45, 2.75) is 67.0 Å². The maximum Gasteiger partial charge on any atom is 0.408 e. The highest BCUT2D eigenvalue weighted by atomic mass is 16.6. The first-order chi connectivity index (χ1) is 12.4. The molecular weight excluding hydrogens is 340 g/mol. The third kappa shape index (κ3) is 6.56. The third-order valence-corrected chi connectivity index (χ3v) is 5.25. The first-order valence-electron chi connectivity index (χ1n) is 9.70. The Kier molecular flexibility index (Phi) is 7.88. The van der Waals surface area contributed by atoms with E-state index in [0.717, 1.165) is 5.56 Å². The lowest BCUT2D eigenvalue weighted by atomic mass is 9.70. The van der Waals surface area contributed by atoms with Gasteiger partial charge in [-0.25, -0.2) is 4.79 Å². The second-order valence-corrected chi connectivity index (χ2v) is 8.91. The van der Waals surface area contributed by atoms with Crippen molar-refractivity contribution in [3.05, 3.63) is 35.9 Å². The van der Waals surface area contributed by atoms with Crippen LogP contribution in [0.4, 0.5) is 4.79 Å². The largest absolute Gasteiger partial charge is 0.444 e. The van der Waals surface area contributed by atoms with E-state index in [2.05, 4.69) is 38.3 Å². The predicted octanol–water partition coefficient (Wildman–Crippen LogP) is 4.69. The van der Waals surface area contributed by atoms with Crippen molar-refractivity contribution in [3.8, 4) is 0 Å². The Morgan fingerprint density at radius 3 is 1.93 bits per heavy atom. The van der Waals surface area contributed by atoms with Crippen molar-refractivity contribution in [1.29, 1.82) is 0 Å². The molecule has 2 N–H and O–H groups in total. The summed E-state index contributed by atoms with van der Waals surface area (Å²) in [4.78, 5) is 25.2. The lowest BCUT2D eigenvalue weighted by Gasteiger charge is -2.36. The van der Waals surface area contributed by atoms with Crippen LogP contribution in [0.1, 0.15) is 67.0 Å². The molecule has 0 radical (unpaired) electrons. The first kappa shape index (κ1) is 23.0. The molecule has 0 aliphatic heterocycles. The summed E-state index contributed by atoms with van der Waals surface area (Å²) in [5.74, 6) is 0.400. The van der Waals surface area contributed by atoms with E-state index in [1.54, 1.807) is 0 Å². The summed E-state index contributed by atoms with van der Waals surface area (Å²) in [6, 6.07) is 9.23. The first-order valence-corrected chi connectivity index (χ1v) is 9.70. The number of amides is 2. The number of rotatable bonds is 7. The lowest BCUT2D eigenvalue weighted by Crippen LogP contribution is -2.48. The molecule has 1 aromatic rings. The maximum absolute atomic E-state index is 12.9. The van der Waals surface area contributed by atoms with Gasteiger partial charge in [0.25, 0.3) is 0 Å². The zero-order valence-corrected chi connectivity index (χ0v) is 18.1. The number of nitrogens with one attached hydrogen (secondary N) is 2. The summed E-state index contributed by atoms with van der Waals surface area (Å²) in [6.07, 6.45) is -0.499. The van der Waals surface area contributed by atoms with E-state index in [0.29, 0.717) is 6.54 Å². The molecule has 0 unspecified atom stereocenters. The van der Waals surface area contributed by atoms with E-state index in [1.165, 1.54) is 0 Å². The van der Waals surface area contributed by atoms with Gasteiger partial charge >= 0.3 is 6.09 Å². The van der Waals surface area contributed by atoms with E-state index in [1.807, 2.05) is 58.0 Å². The van der Waals surface area contributed by atoms with Gasteiger partial charge in [-0.2, -0.15) is 0 Å². The van der Waals surface area contributed by atoms with Crippen LogP contribution in [-0.4, -0.2) is 24.1 Å². The molecule has 1 rings (SSSR count). The van der Waals surface area contributed by atoms with Gasteiger partial charge in [0.2, 0.25) is 5.91 Å². The minimum absolute atomic E-state index is 0.000537. The number of carbonyl (C=O) groups excluding carboxylic acids is 2. The average molecular weight is 377 g/mol. The Morgan fingerprint density at radius 2 is 1.48 bits per heavy atom. The molecule has 0 aliphatic rings. The van der Waals surface area contributed by atoms with Crippen LogP contribution < -0.4 is 10.6 Å². The molecule has 5 heteroatoms. The van der Waals surface area contributed by atoms with Gasteiger partial charge in [0.1, 0.15) is 5.60 Å². The molecule has 152 valence electrons. The van der Waals surface area contributed by atoms with E-state index < -0.39 is 17.1 Å². The smallest absolute Gasteiger partial charge is 0.408 e. The van der Waals surface area contributed by atoms with Crippen LogP contribution in [0, 0.1) is 17.3 Å². The molecule has 0 saturated carbocycles. The highest BCUT2D eigenvalue weighted by Gasteiger charge is 2.39. The van der Waals surface area contributed by atoms with Crippen molar-refractivity contribution in [2.24, 2.45) is 17.3 Å². The summed E-state index contributed by atoms with van der Waals surface area (Å²) < 4.78 is 5.38. The molecule has 1 atom stereocenters. The number of carbonyl (C=O) groups is 2. The molecule has 0 aliphatic carbocycles. The van der Waals surface area contributed by atoms with E-state index >= 15 is 0 Å². The van der Waals surface area contributed by atoms with Gasteiger partial charge in [-0.1, -0.05) is 65.0 Å². The highest BCUT2D eigenvalue weighted by molar-refractivity contribution is 5.83. The maximum atomic E-state index is 12.9. The molecule has 0 bridgehead atoms. The Morgan fingerprint density at radius 1 is 0.963 bits per heavy atom. The summed E-state index contributed by atoms with van der Waals surface area (Å²) >= 11 is 0. The fourth-order valence-corrected chi connectivity index (χ4v) is 2.96. The van der Waals surface area contributed by atoms with Crippen LogP contribution in [0.3, 0.4) is 0 Å². The van der Waals surface area contributed by atoms with Gasteiger partial charge in [0.05, 0.1) is 11.5 Å². The minimum atomic E-state index is -0.581. The summed E-state index contributed by atoms with van der Waals surface area (Å²) in [5, 5.41) is 5.92. The van der Waals surface area contributed by atoms with Crippen LogP contribution in [0.5, 0.6) is 0 Å². The molecule has 0 fully saturated rings. The third-order valence-electron chi connectivity index (χ3n) is 5.25. The molecule has 0 saturated heterocycles. The van der Waals surface area contributed by atoms with Crippen LogP contribution in [0.25, 0.3) is 0 Å². The SMILES string of the molecule is CC(C)C(C)(C(=O)NC[C@@H](NC(=O)OC(C)(C)C)c1ccccc1)C(C)C. The quantitative estimate of drug-likeness (QED) is 0.725. The fraction of sp³-hybridized carbons (Fsp3) is 0.636. The van der Waals surface area contributed by atoms with Gasteiger partial charge in [-0.05, 0) is 38.2 Å². The standard InChI is InChI=1S/C22H36N2O3/c1-15(2)22(8,16(3)4)19(25)23-14-18(17-12-10-9-11-13-17)24-20(26)27-21(5,6)7/h9-13,15-16,18H,14H2,1-8H3,(H,23,25)(H,24,26)/t18-/m1/s1. The highest BCUT2D eigenvalue weighted by Crippen LogP contribution is 2.35. The lowest BCUT2D eigenvalue weighted by molar-refractivity contribution is -0.135. The topological polar surface area (TPSA) is 67.4 Å².